The summed E-state index contributed by atoms with van der Waals surface area (Å²) in [7, 11) is 0. The van der Waals surface area contributed by atoms with E-state index >= 15 is 0 Å². The Morgan fingerprint density at radius 3 is 1.54 bits per heavy atom. The molecular formula is C11H15FSn. The van der Waals surface area contributed by atoms with Crippen LogP contribution < -0.4 is 0 Å². The number of hydrogen-bond donors (Lipinski definition) is 0. The van der Waals surface area contributed by atoms with Gasteiger partial charge in [0.15, 0.2) is 0 Å². The molecule has 0 saturated heterocycles. The maximum absolute atomic E-state index is 14.0. The van der Waals surface area contributed by atoms with Gasteiger partial charge in [-0.2, -0.15) is 0 Å². The molecule has 0 aromatic carbocycles. The van der Waals surface area contributed by atoms with E-state index in [9.17, 15) is 4.39 Å². The molecule has 0 aliphatic heterocycles. The Labute approximate surface area is 82.1 Å². The van der Waals surface area contributed by atoms with Crippen LogP contribution in [0.3, 0.4) is 0 Å². The fourth-order valence-corrected chi connectivity index (χ4v) is 18.5. The topological polar surface area (TPSA) is 0 Å². The van der Waals surface area contributed by atoms with Crippen molar-refractivity contribution >= 4 is 18.4 Å². The zero-order chi connectivity index (χ0) is 8.96. The Kier molecular flexibility index (Phi) is 0.707. The molecule has 0 nitrogen and oxygen atoms in total. The Hall–Kier alpha value is 0.729. The Bertz CT molecular complexity index is 313. The van der Waals surface area contributed by atoms with Crippen molar-refractivity contribution in [3.05, 3.63) is 0 Å². The Balaban J connectivity index is 1.69. The maximum atomic E-state index is 14.0. The molecule has 70 valence electrons. The summed E-state index contributed by atoms with van der Waals surface area (Å²) in [6.07, 6.45) is 0. The van der Waals surface area contributed by atoms with Gasteiger partial charge < -0.3 is 0 Å². The first-order chi connectivity index (χ1) is 5.98. The molecule has 6 aliphatic rings. The SMILES string of the molecule is [CH3][Sn]([CH3])([CH3])[C]12C3C4C1C1C2C3C41F. The van der Waals surface area contributed by atoms with Crippen molar-refractivity contribution in [2.75, 3.05) is 0 Å². The fourth-order valence-electron chi connectivity index (χ4n) is 6.90. The van der Waals surface area contributed by atoms with E-state index in [2.05, 4.69) is 14.8 Å². The molecule has 0 bridgehead atoms. The Morgan fingerprint density at radius 1 is 0.846 bits per heavy atom. The van der Waals surface area contributed by atoms with E-state index in [0.717, 1.165) is 21.2 Å². The summed E-state index contributed by atoms with van der Waals surface area (Å²) in [5.74, 6) is 4.57. The summed E-state index contributed by atoms with van der Waals surface area (Å²) in [5, 5.41) is 0. The van der Waals surface area contributed by atoms with Gasteiger partial charge in [-0.1, -0.05) is 0 Å². The van der Waals surface area contributed by atoms with Crippen LogP contribution in [0.15, 0.2) is 0 Å². The van der Waals surface area contributed by atoms with Crippen LogP contribution >= 0.6 is 0 Å². The van der Waals surface area contributed by atoms with Crippen LogP contribution in [0.5, 0.6) is 0 Å². The van der Waals surface area contributed by atoms with E-state index in [0.29, 0.717) is 17.8 Å². The summed E-state index contributed by atoms with van der Waals surface area (Å²) >= 11 is -1.72. The molecule has 6 saturated carbocycles. The van der Waals surface area contributed by atoms with E-state index in [1.54, 1.807) is 0 Å². The van der Waals surface area contributed by atoms with Crippen molar-refractivity contribution in [3.63, 3.8) is 0 Å². The van der Waals surface area contributed by atoms with Crippen molar-refractivity contribution in [2.24, 2.45) is 35.5 Å². The summed E-state index contributed by atoms with van der Waals surface area (Å²) in [5.41, 5.74) is -0.557. The minimum atomic E-state index is -1.72. The van der Waals surface area contributed by atoms with Gasteiger partial charge in [0.05, 0.1) is 0 Å². The monoisotopic (exact) mass is 286 g/mol. The van der Waals surface area contributed by atoms with Gasteiger partial charge in [0.1, 0.15) is 0 Å². The second kappa shape index (κ2) is 1.30. The third-order valence-corrected chi connectivity index (χ3v) is 17.1. The molecule has 0 atom stereocenters. The predicted octanol–water partition coefficient (Wildman–Crippen LogP) is 2.54. The van der Waals surface area contributed by atoms with Gasteiger partial charge in [0.25, 0.3) is 0 Å². The summed E-state index contributed by atoms with van der Waals surface area (Å²) in [6.45, 7) is 0. The third kappa shape index (κ3) is 0.301. The average Bonchev–Trinajstić information content (AvgIpc) is 2.02. The van der Waals surface area contributed by atoms with E-state index in [-0.39, 0.29) is 0 Å². The van der Waals surface area contributed by atoms with E-state index in [1.807, 2.05) is 0 Å². The molecule has 0 aromatic rings. The second-order valence-electron chi connectivity index (χ2n) is 7.17. The standard InChI is InChI=1S/C8H6F.3CH3.Sn/c9-8-5-2-1-3(5)7(8)4(1)6(2)8;;;;/h2-7H;3*1H3;. The van der Waals surface area contributed by atoms with Gasteiger partial charge in [0.2, 0.25) is 0 Å². The van der Waals surface area contributed by atoms with E-state index in [1.165, 1.54) is 0 Å². The first-order valence-electron chi connectivity index (χ1n) is 5.67. The van der Waals surface area contributed by atoms with Gasteiger partial charge >= 0.3 is 82.2 Å². The molecule has 2 heteroatoms. The van der Waals surface area contributed by atoms with Crippen molar-refractivity contribution in [2.45, 2.75) is 23.9 Å². The second-order valence-corrected chi connectivity index (χ2v) is 22.5. The van der Waals surface area contributed by atoms with Crippen LogP contribution in [0.2, 0.25) is 18.2 Å². The number of hydrogen-bond acceptors (Lipinski definition) is 0. The van der Waals surface area contributed by atoms with Gasteiger partial charge in [-0.3, -0.25) is 0 Å². The molecule has 0 heterocycles. The summed E-state index contributed by atoms with van der Waals surface area (Å²) in [4.78, 5) is 7.75. The first kappa shape index (κ1) is 7.08. The number of rotatable bonds is 1. The summed E-state index contributed by atoms with van der Waals surface area (Å²) < 4.78 is 14.9. The molecule has 6 aliphatic carbocycles. The summed E-state index contributed by atoms with van der Waals surface area (Å²) in [6, 6.07) is 0. The van der Waals surface area contributed by atoms with Crippen molar-refractivity contribution in [1.82, 2.24) is 0 Å². The van der Waals surface area contributed by atoms with Crippen LogP contribution in [-0.4, -0.2) is 24.0 Å². The molecule has 0 radical (unpaired) electrons. The molecule has 0 N–H and O–H groups in total. The third-order valence-electron chi connectivity index (χ3n) is 6.81. The van der Waals surface area contributed by atoms with E-state index in [4.69, 9.17) is 0 Å². The van der Waals surface area contributed by atoms with E-state index < -0.39 is 24.0 Å². The van der Waals surface area contributed by atoms with Crippen molar-refractivity contribution in [3.8, 4) is 0 Å². The van der Waals surface area contributed by atoms with Gasteiger partial charge in [0, 0.05) is 0 Å². The van der Waals surface area contributed by atoms with Gasteiger partial charge in [-0.05, 0) is 0 Å². The molecule has 6 rings (SSSR count). The quantitative estimate of drug-likeness (QED) is 0.649. The molecule has 6 fully saturated rings. The van der Waals surface area contributed by atoms with Crippen LogP contribution in [0.1, 0.15) is 0 Å². The predicted molar refractivity (Wildman–Crippen MR) is 50.8 cm³/mol. The van der Waals surface area contributed by atoms with Gasteiger partial charge in [-0.15, -0.1) is 0 Å². The van der Waals surface area contributed by atoms with Crippen molar-refractivity contribution < 1.29 is 4.39 Å². The minimum absolute atomic E-state index is 0.557. The number of alkyl halides is 1. The molecule has 0 unspecified atom stereocenters. The molecule has 13 heavy (non-hydrogen) atoms. The van der Waals surface area contributed by atoms with Crippen LogP contribution in [0.25, 0.3) is 0 Å². The average molecular weight is 285 g/mol. The Morgan fingerprint density at radius 2 is 1.23 bits per heavy atom. The molecule has 0 amide bonds. The zero-order valence-corrected chi connectivity index (χ0v) is 11.2. The fraction of sp³-hybridized carbons (Fsp3) is 1.00. The molecule has 0 aromatic heterocycles. The van der Waals surface area contributed by atoms with Crippen molar-refractivity contribution in [1.29, 1.82) is 0 Å². The normalized spacial score (nSPS) is 84.0. The van der Waals surface area contributed by atoms with Crippen LogP contribution in [0.4, 0.5) is 4.39 Å². The van der Waals surface area contributed by atoms with Crippen LogP contribution in [-0.2, 0) is 0 Å². The van der Waals surface area contributed by atoms with Gasteiger partial charge in [-0.25, -0.2) is 0 Å². The zero-order valence-electron chi connectivity index (χ0n) is 8.34. The van der Waals surface area contributed by atoms with Crippen LogP contribution in [0, 0.1) is 35.5 Å². The molecule has 0 spiro atoms. The number of halogens is 1. The molecular weight excluding hydrogens is 270 g/mol. The first-order valence-corrected chi connectivity index (χ1v) is 15.7.